The molecule has 0 saturated heterocycles. The zero-order valence-corrected chi connectivity index (χ0v) is 20.9. The molecular weight excluding hydrogens is 384 g/mol. The second-order valence-electron chi connectivity index (χ2n) is 13.1. The summed E-state index contributed by atoms with van der Waals surface area (Å²) in [5.74, 6) is 4.37. The minimum atomic E-state index is -0.279. The largest absolute Gasteiger partial charge is 0.393 e. The number of rotatable bonds is 5. The third-order valence-electron chi connectivity index (χ3n) is 11.5. The molecule has 0 bridgehead atoms. The van der Waals surface area contributed by atoms with E-state index in [-0.39, 0.29) is 29.0 Å². The van der Waals surface area contributed by atoms with E-state index < -0.39 is 0 Å². The fourth-order valence-corrected chi connectivity index (χ4v) is 9.06. The molecule has 31 heavy (non-hydrogen) atoms. The number of hydrogen-bond donors (Lipinski definition) is 2. The van der Waals surface area contributed by atoms with Crippen LogP contribution in [0, 0.1) is 58.2 Å². The number of aliphatic hydroxyl groups is 2. The molecule has 4 aliphatic rings. The minimum Gasteiger partial charge on any atom is -0.393 e. The Morgan fingerprint density at radius 3 is 2.29 bits per heavy atom. The van der Waals surface area contributed by atoms with Crippen LogP contribution in [0.5, 0.6) is 0 Å². The first-order valence-electron chi connectivity index (χ1n) is 13.4. The first kappa shape index (κ1) is 23.7. The van der Waals surface area contributed by atoms with Crippen molar-refractivity contribution >= 4 is 5.78 Å². The molecule has 2 N–H and O–H groups in total. The highest BCUT2D eigenvalue weighted by Crippen LogP contribution is 2.67. The van der Waals surface area contributed by atoms with E-state index in [2.05, 4.69) is 41.5 Å². The van der Waals surface area contributed by atoms with Crippen molar-refractivity contribution in [2.24, 2.45) is 58.2 Å². The molecule has 4 aliphatic carbocycles. The van der Waals surface area contributed by atoms with Gasteiger partial charge in [-0.15, -0.1) is 0 Å². The fourth-order valence-electron chi connectivity index (χ4n) is 9.06. The van der Waals surface area contributed by atoms with Crippen LogP contribution >= 0.6 is 0 Å². The van der Waals surface area contributed by atoms with Crippen LogP contribution < -0.4 is 0 Å². The number of carbonyl (C=O) groups is 1. The molecular formula is C28H48O3. The Bertz CT molecular complexity index is 673. The van der Waals surface area contributed by atoms with Crippen molar-refractivity contribution in [3.8, 4) is 0 Å². The Hall–Kier alpha value is -0.410. The Morgan fingerprint density at radius 1 is 0.968 bits per heavy atom. The Kier molecular flexibility index (Phi) is 6.45. The van der Waals surface area contributed by atoms with Crippen LogP contribution in [0.25, 0.3) is 0 Å². The van der Waals surface area contributed by atoms with Crippen molar-refractivity contribution in [2.45, 2.75) is 112 Å². The number of Topliss-reactive ketones (excluding diaryl/α,β-unsaturated/α-hetero) is 1. The Balaban J connectivity index is 1.53. The van der Waals surface area contributed by atoms with E-state index >= 15 is 0 Å². The summed E-state index contributed by atoms with van der Waals surface area (Å²) in [5, 5.41) is 21.4. The van der Waals surface area contributed by atoms with Gasteiger partial charge in [-0.1, -0.05) is 41.5 Å². The van der Waals surface area contributed by atoms with Gasteiger partial charge in [0.05, 0.1) is 12.2 Å². The average molecular weight is 433 g/mol. The van der Waals surface area contributed by atoms with E-state index in [4.69, 9.17) is 0 Å². The molecule has 4 fully saturated rings. The van der Waals surface area contributed by atoms with Crippen LogP contribution in [-0.2, 0) is 4.79 Å². The lowest BCUT2D eigenvalue weighted by atomic mass is 9.44. The number of ketones is 1. The summed E-state index contributed by atoms with van der Waals surface area (Å²) in [5.41, 5.74) is 0.358. The van der Waals surface area contributed by atoms with E-state index in [0.717, 1.165) is 25.7 Å². The lowest BCUT2D eigenvalue weighted by Crippen LogP contribution is -2.57. The van der Waals surface area contributed by atoms with Gasteiger partial charge in [0.1, 0.15) is 5.78 Å². The first-order chi connectivity index (χ1) is 14.5. The molecule has 0 aromatic rings. The molecule has 0 heterocycles. The minimum absolute atomic E-state index is 0.0809. The van der Waals surface area contributed by atoms with Crippen LogP contribution in [0.2, 0.25) is 0 Å². The molecule has 0 spiro atoms. The molecule has 0 amide bonds. The van der Waals surface area contributed by atoms with Gasteiger partial charge < -0.3 is 10.2 Å². The maximum Gasteiger partial charge on any atom is 0.136 e. The number of aliphatic hydroxyl groups excluding tert-OH is 2. The van der Waals surface area contributed by atoms with E-state index in [9.17, 15) is 15.0 Å². The van der Waals surface area contributed by atoms with Gasteiger partial charge in [0.2, 0.25) is 0 Å². The topological polar surface area (TPSA) is 57.5 Å². The maximum absolute atomic E-state index is 13.3. The zero-order chi connectivity index (χ0) is 22.7. The van der Waals surface area contributed by atoms with Crippen molar-refractivity contribution in [1.29, 1.82) is 0 Å². The molecule has 11 atom stereocenters. The van der Waals surface area contributed by atoms with Gasteiger partial charge in [0.15, 0.2) is 0 Å². The number of fused-ring (bicyclic) bond motifs is 5. The predicted octanol–water partition coefficient (Wildman–Crippen LogP) is 5.86. The highest BCUT2D eigenvalue weighted by atomic mass is 16.3. The monoisotopic (exact) mass is 432 g/mol. The van der Waals surface area contributed by atoms with Gasteiger partial charge >= 0.3 is 0 Å². The van der Waals surface area contributed by atoms with Crippen molar-refractivity contribution in [3.05, 3.63) is 0 Å². The van der Waals surface area contributed by atoms with Gasteiger partial charge in [0, 0.05) is 12.3 Å². The van der Waals surface area contributed by atoms with Crippen molar-refractivity contribution in [1.82, 2.24) is 0 Å². The summed E-state index contributed by atoms with van der Waals surface area (Å²) in [4.78, 5) is 13.3. The van der Waals surface area contributed by atoms with Gasteiger partial charge in [0.25, 0.3) is 0 Å². The van der Waals surface area contributed by atoms with E-state index in [1.54, 1.807) is 0 Å². The summed E-state index contributed by atoms with van der Waals surface area (Å²) in [6, 6.07) is 0. The highest BCUT2D eigenvalue weighted by molar-refractivity contribution is 5.83. The van der Waals surface area contributed by atoms with Gasteiger partial charge in [-0.3, -0.25) is 4.79 Å². The fraction of sp³-hybridized carbons (Fsp3) is 0.964. The third kappa shape index (κ3) is 3.84. The Labute approximate surface area is 190 Å². The van der Waals surface area contributed by atoms with E-state index in [0.29, 0.717) is 53.6 Å². The van der Waals surface area contributed by atoms with Gasteiger partial charge in [-0.2, -0.15) is 0 Å². The first-order valence-corrected chi connectivity index (χ1v) is 13.4. The summed E-state index contributed by atoms with van der Waals surface area (Å²) in [6.07, 6.45) is 8.65. The molecule has 0 radical (unpaired) electrons. The maximum atomic E-state index is 13.3. The Morgan fingerprint density at radius 2 is 1.61 bits per heavy atom. The normalized spacial score (nSPS) is 48.0. The zero-order valence-electron chi connectivity index (χ0n) is 20.9. The smallest absolute Gasteiger partial charge is 0.136 e. The van der Waals surface area contributed by atoms with Gasteiger partial charge in [-0.05, 0) is 104 Å². The highest BCUT2D eigenvalue weighted by Gasteiger charge is 2.62. The van der Waals surface area contributed by atoms with Crippen molar-refractivity contribution < 1.29 is 15.0 Å². The third-order valence-corrected chi connectivity index (χ3v) is 11.5. The lowest BCUT2D eigenvalue weighted by molar-refractivity contribution is -0.160. The summed E-state index contributed by atoms with van der Waals surface area (Å²) < 4.78 is 0. The summed E-state index contributed by atoms with van der Waals surface area (Å²) >= 11 is 0. The van der Waals surface area contributed by atoms with Crippen molar-refractivity contribution in [2.75, 3.05) is 0 Å². The quantitative estimate of drug-likeness (QED) is 0.572. The molecule has 0 aliphatic heterocycles. The van der Waals surface area contributed by atoms with E-state index in [1.165, 1.54) is 25.7 Å². The molecule has 4 saturated carbocycles. The van der Waals surface area contributed by atoms with Gasteiger partial charge in [-0.25, -0.2) is 0 Å². The second-order valence-corrected chi connectivity index (χ2v) is 13.1. The van der Waals surface area contributed by atoms with Crippen LogP contribution in [0.1, 0.15) is 99.3 Å². The predicted molar refractivity (Wildman–Crippen MR) is 125 cm³/mol. The molecule has 3 heteroatoms. The molecule has 0 aromatic heterocycles. The molecule has 3 nitrogen and oxygen atoms in total. The summed E-state index contributed by atoms with van der Waals surface area (Å²) in [7, 11) is 0. The number of carbonyl (C=O) groups excluding carboxylic acids is 1. The standard InChI is InChI=1S/C28H48O3/c1-16(2)17(3)13-25(30)18(4)21-7-8-22-20-15-26(31)24-14-19(29)9-11-28(24,6)23(20)10-12-27(21,22)5/h16-25,29-30H,7-15H2,1-6H3. The van der Waals surface area contributed by atoms with Crippen LogP contribution in [0.4, 0.5) is 0 Å². The van der Waals surface area contributed by atoms with Crippen LogP contribution in [0.3, 0.4) is 0 Å². The molecule has 0 aromatic carbocycles. The lowest BCUT2D eigenvalue weighted by Gasteiger charge is -2.60. The number of hydrogen-bond acceptors (Lipinski definition) is 3. The van der Waals surface area contributed by atoms with E-state index in [1.807, 2.05) is 0 Å². The SMILES string of the molecule is CC(C)C(C)CC(O)C(C)C1CCC2C3CC(=O)C4CC(O)CCC4(C)C3CCC12C. The molecule has 11 unspecified atom stereocenters. The average Bonchev–Trinajstić information content (AvgIpc) is 3.06. The molecule has 178 valence electrons. The summed E-state index contributed by atoms with van der Waals surface area (Å²) in [6.45, 7) is 14.0. The molecule has 4 rings (SSSR count). The van der Waals surface area contributed by atoms with Crippen LogP contribution in [0.15, 0.2) is 0 Å². The second kappa shape index (κ2) is 8.42. The van der Waals surface area contributed by atoms with Crippen molar-refractivity contribution in [3.63, 3.8) is 0 Å². The van der Waals surface area contributed by atoms with Crippen LogP contribution in [-0.4, -0.2) is 28.2 Å².